The van der Waals surface area contributed by atoms with Crippen LogP contribution in [0.25, 0.3) is 0 Å². The number of piperidine rings is 1. The minimum Gasteiger partial charge on any atom is -0.464 e. The van der Waals surface area contributed by atoms with Gasteiger partial charge >= 0.3 is 0 Å². The van der Waals surface area contributed by atoms with E-state index >= 15 is 0 Å². The van der Waals surface area contributed by atoms with Gasteiger partial charge in [0.05, 0.1) is 10.4 Å². The molecule has 0 bridgehead atoms. The number of carbonyl (C=O) groups is 2. The number of rotatable bonds is 8. The van der Waals surface area contributed by atoms with Gasteiger partial charge in [-0.1, -0.05) is 72.6 Å². The molecule has 1 saturated heterocycles. The molecule has 2 heterocycles. The number of halogens is 2. The van der Waals surface area contributed by atoms with Crippen molar-refractivity contribution >= 4 is 45.0 Å². The Hall–Kier alpha value is -3.23. The van der Waals surface area contributed by atoms with E-state index in [9.17, 15) is 14.7 Å². The average Bonchev–Trinajstić information content (AvgIpc) is 3.37. The van der Waals surface area contributed by atoms with Crippen molar-refractivity contribution in [2.45, 2.75) is 47.7 Å². The van der Waals surface area contributed by atoms with E-state index in [1.165, 1.54) is 0 Å². The van der Waals surface area contributed by atoms with Crippen LogP contribution in [-0.2, 0) is 19.7 Å². The highest BCUT2D eigenvalue weighted by molar-refractivity contribution is 8.40. The largest absolute Gasteiger partial charge is 0.464 e. The Morgan fingerprint density at radius 3 is 2.24 bits per heavy atom. The van der Waals surface area contributed by atoms with Crippen LogP contribution in [0.2, 0.25) is 10.0 Å². The number of hydrogen-bond acceptors (Lipinski definition) is 4. The first-order chi connectivity index (χ1) is 19.7. The number of likely N-dealkylation sites (tertiary alicyclic amines) is 1. The SMILES string of the molecule is CCC(O)OC1=C(C(=O)N2CCC(C(N)=O)(c3ccccc3)CC2)S(c2ccc(Cl)cc2)(c2ccccc2Cl)C=C1. The summed E-state index contributed by atoms with van der Waals surface area (Å²) in [7, 11) is -2.37. The molecule has 214 valence electrons. The molecule has 41 heavy (non-hydrogen) atoms. The second kappa shape index (κ2) is 11.9. The van der Waals surface area contributed by atoms with Crippen LogP contribution in [0.4, 0.5) is 0 Å². The highest BCUT2D eigenvalue weighted by atomic mass is 35.5. The molecule has 0 spiro atoms. The van der Waals surface area contributed by atoms with E-state index < -0.39 is 27.6 Å². The van der Waals surface area contributed by atoms with Crippen LogP contribution < -0.4 is 5.73 Å². The van der Waals surface area contributed by atoms with Crippen LogP contribution in [0.1, 0.15) is 31.7 Å². The zero-order valence-corrected chi connectivity index (χ0v) is 25.0. The molecule has 3 aromatic rings. The third-order valence-corrected chi connectivity index (χ3v) is 12.2. The molecule has 2 atom stereocenters. The molecule has 3 aromatic carbocycles. The van der Waals surface area contributed by atoms with Gasteiger partial charge in [0.2, 0.25) is 5.91 Å². The maximum atomic E-state index is 14.6. The number of allylic oxidation sites excluding steroid dienone is 1. The second-order valence-corrected chi connectivity index (χ2v) is 13.9. The van der Waals surface area contributed by atoms with E-state index in [2.05, 4.69) is 0 Å². The lowest BCUT2D eigenvalue weighted by molar-refractivity contribution is -0.132. The fraction of sp³-hybridized carbons (Fsp3) is 0.250. The van der Waals surface area contributed by atoms with Gasteiger partial charge in [-0.3, -0.25) is 9.59 Å². The van der Waals surface area contributed by atoms with Crippen LogP contribution in [0.3, 0.4) is 0 Å². The summed E-state index contributed by atoms with van der Waals surface area (Å²) in [6, 6.07) is 24.4. The topological polar surface area (TPSA) is 92.9 Å². The monoisotopic (exact) mass is 610 g/mol. The summed E-state index contributed by atoms with van der Waals surface area (Å²) in [5, 5.41) is 13.5. The molecule has 3 N–H and O–H groups in total. The van der Waals surface area contributed by atoms with Crippen molar-refractivity contribution in [1.29, 1.82) is 0 Å². The quantitative estimate of drug-likeness (QED) is 0.276. The van der Waals surface area contributed by atoms with Gasteiger partial charge in [-0.05, 0) is 66.3 Å². The number of ether oxygens (including phenoxy) is 1. The molecule has 2 amide bonds. The molecule has 0 aliphatic carbocycles. The number of nitrogens with two attached hydrogens (primary N) is 1. The van der Waals surface area contributed by atoms with E-state index in [-0.39, 0.29) is 5.91 Å². The summed E-state index contributed by atoms with van der Waals surface area (Å²) in [6.07, 6.45) is 1.80. The summed E-state index contributed by atoms with van der Waals surface area (Å²) in [6.45, 7) is 2.45. The number of benzene rings is 3. The van der Waals surface area contributed by atoms with Gasteiger partial charge in [-0.25, -0.2) is 0 Å². The molecule has 1 fully saturated rings. The minimum absolute atomic E-state index is 0.232. The van der Waals surface area contributed by atoms with E-state index in [0.29, 0.717) is 53.1 Å². The first kappa shape index (κ1) is 29.3. The Bertz CT molecular complexity index is 1500. The lowest BCUT2D eigenvalue weighted by Crippen LogP contribution is -2.51. The van der Waals surface area contributed by atoms with E-state index in [1.807, 2.05) is 66.1 Å². The number of carbonyl (C=O) groups excluding carboxylic acids is 2. The summed E-state index contributed by atoms with van der Waals surface area (Å²) in [5.74, 6) is -0.321. The molecule has 2 unspecified atom stereocenters. The number of aliphatic hydroxyl groups excluding tert-OH is 1. The molecule has 0 radical (unpaired) electrons. The number of hydrogen-bond donors (Lipinski definition) is 2. The highest BCUT2D eigenvalue weighted by Crippen LogP contribution is 2.74. The van der Waals surface area contributed by atoms with Crippen LogP contribution >= 0.6 is 33.2 Å². The molecule has 2 aliphatic heterocycles. The van der Waals surface area contributed by atoms with E-state index in [1.54, 1.807) is 36.1 Å². The molecule has 0 aromatic heterocycles. The molecular weight excluding hydrogens is 579 g/mol. The molecular formula is C32H32Cl2N2O4S. The van der Waals surface area contributed by atoms with Gasteiger partial charge in [0, 0.05) is 34.3 Å². The molecule has 5 rings (SSSR count). The lowest BCUT2D eigenvalue weighted by Gasteiger charge is -2.43. The Labute approximate surface area is 251 Å². The van der Waals surface area contributed by atoms with Gasteiger partial charge in [0.25, 0.3) is 5.91 Å². The maximum absolute atomic E-state index is 14.6. The van der Waals surface area contributed by atoms with Crippen LogP contribution in [-0.4, -0.2) is 41.2 Å². The fourth-order valence-corrected chi connectivity index (χ4v) is 9.74. The Kier molecular flexibility index (Phi) is 8.52. The summed E-state index contributed by atoms with van der Waals surface area (Å²) < 4.78 is 5.97. The first-order valence-corrected chi connectivity index (χ1v) is 15.9. The smallest absolute Gasteiger partial charge is 0.263 e. The Balaban J connectivity index is 1.61. The number of nitrogens with zero attached hydrogens (tertiary/aromatic N) is 1. The van der Waals surface area contributed by atoms with Gasteiger partial charge in [-0.2, -0.15) is 0 Å². The molecule has 0 saturated carbocycles. The Morgan fingerprint density at radius 2 is 1.63 bits per heavy atom. The van der Waals surface area contributed by atoms with Crippen molar-refractivity contribution in [3.8, 4) is 0 Å². The summed E-state index contributed by atoms with van der Waals surface area (Å²) in [5.41, 5.74) is 5.96. The van der Waals surface area contributed by atoms with Gasteiger partial charge in [0.1, 0.15) is 10.7 Å². The van der Waals surface area contributed by atoms with Crippen molar-refractivity contribution < 1.29 is 19.4 Å². The highest BCUT2D eigenvalue weighted by Gasteiger charge is 2.47. The summed E-state index contributed by atoms with van der Waals surface area (Å²) in [4.78, 5) is 31.2. The van der Waals surface area contributed by atoms with Crippen molar-refractivity contribution in [2.24, 2.45) is 5.73 Å². The number of primary amides is 1. The van der Waals surface area contributed by atoms with Gasteiger partial charge < -0.3 is 20.5 Å². The van der Waals surface area contributed by atoms with Crippen molar-refractivity contribution in [2.75, 3.05) is 13.1 Å². The second-order valence-electron chi connectivity index (χ2n) is 10.1. The number of aliphatic hydroxyl groups is 1. The van der Waals surface area contributed by atoms with Gasteiger partial charge in [-0.15, -0.1) is 10.0 Å². The minimum atomic E-state index is -2.37. The third-order valence-electron chi connectivity index (χ3n) is 7.85. The zero-order valence-electron chi connectivity index (χ0n) is 22.6. The normalized spacial score (nSPS) is 22.2. The van der Waals surface area contributed by atoms with Gasteiger partial charge in [0.15, 0.2) is 6.29 Å². The lowest BCUT2D eigenvalue weighted by atomic mass is 9.72. The fourth-order valence-electron chi connectivity index (χ4n) is 5.56. The van der Waals surface area contributed by atoms with E-state index in [4.69, 9.17) is 33.7 Å². The summed E-state index contributed by atoms with van der Waals surface area (Å²) >= 11 is 13.1. The zero-order chi connectivity index (χ0) is 29.2. The van der Waals surface area contributed by atoms with E-state index in [0.717, 1.165) is 15.4 Å². The van der Waals surface area contributed by atoms with Crippen molar-refractivity contribution in [1.82, 2.24) is 4.90 Å². The van der Waals surface area contributed by atoms with Crippen LogP contribution in [0.5, 0.6) is 0 Å². The number of amides is 2. The molecule has 2 aliphatic rings. The average molecular weight is 612 g/mol. The molecule has 6 nitrogen and oxygen atoms in total. The maximum Gasteiger partial charge on any atom is 0.263 e. The standard InChI is InChI=1S/C32H32Cl2N2O4S/c1-2-28(37)40-26-16-21-41(24-14-12-23(33)13-15-24,27-11-7-6-10-25(27)34)29(26)30(38)36-19-17-32(18-20-36,31(35)39)22-8-4-3-5-9-22/h3-16,21,28,37H,2,17-20H2,1H3,(H2,35,39). The Morgan fingerprint density at radius 1 is 1.00 bits per heavy atom. The first-order valence-electron chi connectivity index (χ1n) is 13.5. The predicted octanol–water partition coefficient (Wildman–Crippen LogP) is 6.75. The third kappa shape index (κ3) is 5.28. The molecule has 9 heteroatoms. The predicted molar refractivity (Wildman–Crippen MR) is 164 cm³/mol. The van der Waals surface area contributed by atoms with Crippen molar-refractivity contribution in [3.63, 3.8) is 0 Å². The van der Waals surface area contributed by atoms with Crippen LogP contribution in [0, 0.1) is 0 Å². The van der Waals surface area contributed by atoms with Crippen LogP contribution in [0.15, 0.2) is 111 Å². The van der Waals surface area contributed by atoms with Crippen molar-refractivity contribution in [3.05, 3.63) is 117 Å².